The summed E-state index contributed by atoms with van der Waals surface area (Å²) < 4.78 is 0. The summed E-state index contributed by atoms with van der Waals surface area (Å²) in [6.07, 6.45) is 2.16. The molecule has 3 aromatic rings. The molecule has 0 spiro atoms. The van der Waals surface area contributed by atoms with Crippen molar-refractivity contribution < 1.29 is 0 Å². The van der Waals surface area contributed by atoms with Gasteiger partial charge >= 0.3 is 0 Å². The normalized spacial score (nSPS) is 11.3. The Morgan fingerprint density at radius 2 is 1.62 bits per heavy atom. The first-order valence-corrected chi connectivity index (χ1v) is 8.56. The fourth-order valence-corrected chi connectivity index (χ4v) is 3.14. The van der Waals surface area contributed by atoms with Crippen LogP contribution in [0.5, 0.6) is 0 Å². The van der Waals surface area contributed by atoms with Crippen LogP contribution in [-0.4, -0.2) is 0 Å². The summed E-state index contributed by atoms with van der Waals surface area (Å²) in [5.74, 6) is 0. The van der Waals surface area contributed by atoms with Crippen molar-refractivity contribution in [2.45, 2.75) is 34.6 Å². The minimum atomic E-state index is 0.895. The Balaban J connectivity index is 0.00000100. The van der Waals surface area contributed by atoms with Crippen LogP contribution in [0, 0.1) is 6.92 Å². The molecule has 3 rings (SSSR count). The van der Waals surface area contributed by atoms with Gasteiger partial charge in [-0.2, -0.15) is 0 Å². The molecule has 0 aromatic heterocycles. The predicted octanol–water partition coefficient (Wildman–Crippen LogP) is 5.94. The molecule has 1 heteroatoms. The molecule has 0 unspecified atom stereocenters. The van der Waals surface area contributed by atoms with Gasteiger partial charge in [-0.3, -0.25) is 0 Å². The first kappa shape index (κ1) is 17.8. The second-order valence-electron chi connectivity index (χ2n) is 5.84. The Morgan fingerprint density at radius 1 is 0.958 bits per heavy atom. The molecular formula is C23H27N. The van der Waals surface area contributed by atoms with Crippen LogP contribution in [0.4, 0.5) is 0 Å². The molecule has 0 heterocycles. The summed E-state index contributed by atoms with van der Waals surface area (Å²) in [6.45, 7) is 18.3. The van der Waals surface area contributed by atoms with Gasteiger partial charge in [-0.15, -0.1) is 0 Å². The molecular weight excluding hydrogens is 290 g/mol. The van der Waals surface area contributed by atoms with Crippen LogP contribution in [0.25, 0.3) is 33.3 Å². The fourth-order valence-electron chi connectivity index (χ4n) is 3.14. The van der Waals surface area contributed by atoms with Crippen molar-refractivity contribution in [3.05, 3.63) is 71.6 Å². The molecule has 1 N–H and O–H groups in total. The summed E-state index contributed by atoms with van der Waals surface area (Å²) in [5, 5.41) is 9.66. The standard InChI is InChI=1S/C21H21N.C2H6/c1-6-16-9-11-18-14(4)7-8-17-10-12-19(20(16)21(17)18)15(5)22-13(2)3;1-2/h6-12,22H,2,5H2,1,3-4H3;1-2H3/b16-6-;. The minimum absolute atomic E-state index is 0.895. The predicted molar refractivity (Wildman–Crippen MR) is 110 cm³/mol. The summed E-state index contributed by atoms with van der Waals surface area (Å²) >= 11 is 0. The quantitative estimate of drug-likeness (QED) is 0.630. The summed E-state index contributed by atoms with van der Waals surface area (Å²) in [5.41, 5.74) is 4.23. The zero-order chi connectivity index (χ0) is 17.9. The van der Waals surface area contributed by atoms with Crippen LogP contribution in [0.1, 0.15) is 38.8 Å². The Kier molecular flexibility index (Phi) is 5.46. The topological polar surface area (TPSA) is 12.0 Å². The molecule has 0 fully saturated rings. The lowest BCUT2D eigenvalue weighted by Crippen LogP contribution is -2.11. The summed E-state index contributed by atoms with van der Waals surface area (Å²) in [6, 6.07) is 13.1. The molecule has 3 aromatic carbocycles. The maximum Gasteiger partial charge on any atom is 0.0388 e. The molecule has 24 heavy (non-hydrogen) atoms. The largest absolute Gasteiger partial charge is 0.360 e. The van der Waals surface area contributed by atoms with Crippen LogP contribution in [0.15, 0.2) is 55.3 Å². The van der Waals surface area contributed by atoms with E-state index in [1.807, 2.05) is 20.8 Å². The zero-order valence-electron chi connectivity index (χ0n) is 15.5. The molecule has 124 valence electrons. The van der Waals surface area contributed by atoms with Gasteiger partial charge in [0, 0.05) is 17.0 Å². The van der Waals surface area contributed by atoms with E-state index in [1.54, 1.807) is 0 Å². The third kappa shape index (κ3) is 3.07. The highest BCUT2D eigenvalue weighted by molar-refractivity contribution is 6.14. The van der Waals surface area contributed by atoms with Gasteiger partial charge in [-0.25, -0.2) is 0 Å². The van der Waals surface area contributed by atoms with Gasteiger partial charge in [0.25, 0.3) is 0 Å². The van der Waals surface area contributed by atoms with E-state index in [4.69, 9.17) is 0 Å². The summed E-state index contributed by atoms with van der Waals surface area (Å²) in [4.78, 5) is 0. The lowest BCUT2D eigenvalue weighted by Gasteiger charge is -2.16. The number of aryl methyl sites for hydroxylation is 1. The first-order chi connectivity index (χ1) is 11.5. The Morgan fingerprint density at radius 3 is 2.25 bits per heavy atom. The van der Waals surface area contributed by atoms with E-state index in [9.17, 15) is 0 Å². The van der Waals surface area contributed by atoms with Crippen molar-refractivity contribution in [3.63, 3.8) is 0 Å². The minimum Gasteiger partial charge on any atom is -0.360 e. The van der Waals surface area contributed by atoms with Crippen LogP contribution in [-0.2, 0) is 0 Å². The molecule has 0 aliphatic heterocycles. The van der Waals surface area contributed by atoms with E-state index in [-0.39, 0.29) is 0 Å². The highest BCUT2D eigenvalue weighted by Crippen LogP contribution is 2.31. The van der Waals surface area contributed by atoms with Gasteiger partial charge in [0.1, 0.15) is 0 Å². The molecule has 0 atom stereocenters. The fraction of sp³-hybridized carbons (Fsp3) is 0.217. The summed E-state index contributed by atoms with van der Waals surface area (Å²) in [7, 11) is 0. The molecule has 1 nitrogen and oxygen atoms in total. The van der Waals surface area contributed by atoms with E-state index in [1.165, 1.54) is 32.3 Å². The monoisotopic (exact) mass is 317 g/mol. The van der Waals surface area contributed by atoms with Crippen LogP contribution in [0.3, 0.4) is 0 Å². The maximum atomic E-state index is 4.20. The average Bonchev–Trinajstić information content (AvgIpc) is 2.59. The Hall–Kier alpha value is -2.54. The highest BCUT2D eigenvalue weighted by atomic mass is 14.9. The lowest BCUT2D eigenvalue weighted by molar-refractivity contribution is 1.10. The van der Waals surface area contributed by atoms with Crippen LogP contribution in [0.2, 0.25) is 0 Å². The third-order valence-corrected chi connectivity index (χ3v) is 4.16. The van der Waals surface area contributed by atoms with Crippen molar-refractivity contribution in [2.75, 3.05) is 0 Å². The molecule has 0 radical (unpaired) electrons. The lowest BCUT2D eigenvalue weighted by atomic mass is 9.92. The van der Waals surface area contributed by atoms with E-state index in [0.717, 1.165) is 17.0 Å². The molecule has 0 saturated heterocycles. The number of rotatable bonds is 3. The number of allylic oxidation sites excluding steroid dienone is 1. The van der Waals surface area contributed by atoms with Crippen LogP contribution < -0.4 is 10.5 Å². The number of benzene rings is 3. The maximum absolute atomic E-state index is 4.20. The first-order valence-electron chi connectivity index (χ1n) is 8.56. The number of hydrogen-bond acceptors (Lipinski definition) is 1. The van der Waals surface area contributed by atoms with Gasteiger partial charge in [0.15, 0.2) is 0 Å². The molecule has 0 amide bonds. The second-order valence-corrected chi connectivity index (χ2v) is 5.84. The van der Waals surface area contributed by atoms with Crippen molar-refractivity contribution in [1.29, 1.82) is 0 Å². The smallest absolute Gasteiger partial charge is 0.0388 e. The number of nitrogens with one attached hydrogen (secondary N) is 1. The second kappa shape index (κ2) is 7.35. The van der Waals surface area contributed by atoms with Crippen LogP contribution >= 0.6 is 0 Å². The molecule has 0 bridgehead atoms. The van der Waals surface area contributed by atoms with E-state index in [2.05, 4.69) is 74.8 Å². The zero-order valence-corrected chi connectivity index (χ0v) is 15.5. The van der Waals surface area contributed by atoms with Gasteiger partial charge in [-0.1, -0.05) is 69.5 Å². The number of hydrogen-bond donors (Lipinski definition) is 1. The molecule has 0 aliphatic carbocycles. The highest BCUT2D eigenvalue weighted by Gasteiger charge is 2.11. The van der Waals surface area contributed by atoms with E-state index < -0.39 is 0 Å². The van der Waals surface area contributed by atoms with Crippen molar-refractivity contribution in [1.82, 2.24) is 5.32 Å². The van der Waals surface area contributed by atoms with E-state index in [0.29, 0.717) is 0 Å². The molecule has 0 saturated carbocycles. The Labute approximate surface area is 145 Å². The van der Waals surface area contributed by atoms with Gasteiger partial charge < -0.3 is 5.32 Å². The van der Waals surface area contributed by atoms with Crippen molar-refractivity contribution in [3.8, 4) is 0 Å². The van der Waals surface area contributed by atoms with E-state index >= 15 is 0 Å². The average molecular weight is 317 g/mol. The molecule has 0 aliphatic rings. The van der Waals surface area contributed by atoms with Gasteiger partial charge in [0.05, 0.1) is 0 Å². The van der Waals surface area contributed by atoms with Gasteiger partial charge in [0.2, 0.25) is 0 Å². The van der Waals surface area contributed by atoms with Crippen molar-refractivity contribution >= 4 is 33.3 Å². The SMILES string of the molecule is C=C(C)NC(=C)c1ccc2ccc(C)c3cc/c(=C/C)c1c23.CC. The van der Waals surface area contributed by atoms with Crippen molar-refractivity contribution in [2.24, 2.45) is 0 Å². The van der Waals surface area contributed by atoms with Gasteiger partial charge in [-0.05, 0) is 53.1 Å². The Bertz CT molecular complexity index is 961. The third-order valence-electron chi connectivity index (χ3n) is 4.16.